The molecule has 4 rings (SSSR count). The number of nitrogens with zero attached hydrogens (tertiary/aromatic N) is 3. The topological polar surface area (TPSA) is 38.7 Å². The molecule has 4 aromatic rings. The number of hydrogen-bond donors (Lipinski definition) is 0. The van der Waals surface area contributed by atoms with Crippen LogP contribution in [0.4, 0.5) is 0 Å². The van der Waals surface area contributed by atoms with Crippen molar-refractivity contribution >= 4 is 22.8 Å². The molecule has 3 nitrogen and oxygen atoms in total. The highest BCUT2D eigenvalue weighted by Crippen LogP contribution is 2.35. The molecule has 2 aromatic carbocycles. The molecule has 0 N–H and O–H groups in total. The second-order valence-electron chi connectivity index (χ2n) is 5.33. The van der Waals surface area contributed by atoms with Crippen LogP contribution in [0.1, 0.15) is 12.6 Å². The highest BCUT2D eigenvalue weighted by molar-refractivity contribution is 7.00. The van der Waals surface area contributed by atoms with Crippen molar-refractivity contribution in [2.45, 2.75) is 13.3 Å². The zero-order valence-electron chi connectivity index (χ0n) is 12.7. The molecule has 0 bridgehead atoms. The van der Waals surface area contributed by atoms with E-state index in [1.807, 2.05) is 36.4 Å². The molecule has 0 amide bonds. The molecule has 4 heteroatoms. The number of benzene rings is 2. The first kappa shape index (κ1) is 14.0. The van der Waals surface area contributed by atoms with Gasteiger partial charge in [-0.1, -0.05) is 67.6 Å². The fourth-order valence-electron chi connectivity index (χ4n) is 2.85. The van der Waals surface area contributed by atoms with E-state index < -0.39 is 0 Å². The van der Waals surface area contributed by atoms with Gasteiger partial charge < -0.3 is 0 Å². The summed E-state index contributed by atoms with van der Waals surface area (Å²) in [7, 11) is 0. The Bertz CT molecular complexity index is 946. The van der Waals surface area contributed by atoms with Gasteiger partial charge in [-0.25, -0.2) is 4.98 Å². The van der Waals surface area contributed by atoms with Gasteiger partial charge in [0.2, 0.25) is 0 Å². The van der Waals surface area contributed by atoms with Crippen molar-refractivity contribution in [3.8, 4) is 22.4 Å². The molecule has 0 saturated carbocycles. The Kier molecular flexibility index (Phi) is 3.60. The van der Waals surface area contributed by atoms with E-state index in [0.717, 1.165) is 45.5 Å². The van der Waals surface area contributed by atoms with Crippen molar-refractivity contribution in [2.24, 2.45) is 0 Å². The average Bonchev–Trinajstić information content (AvgIpc) is 3.11. The van der Waals surface area contributed by atoms with Crippen molar-refractivity contribution in [2.75, 3.05) is 0 Å². The molecule has 0 unspecified atom stereocenters. The zero-order chi connectivity index (χ0) is 15.6. The maximum Gasteiger partial charge on any atom is 0.131 e. The van der Waals surface area contributed by atoms with E-state index >= 15 is 0 Å². The lowest BCUT2D eigenvalue weighted by Gasteiger charge is -2.11. The minimum atomic E-state index is 0.859. The van der Waals surface area contributed by atoms with E-state index in [0.29, 0.717) is 0 Å². The van der Waals surface area contributed by atoms with Crippen molar-refractivity contribution in [1.82, 2.24) is 13.7 Å². The maximum atomic E-state index is 4.94. The highest BCUT2D eigenvalue weighted by Gasteiger charge is 2.18. The number of rotatable bonds is 3. The molecule has 0 radical (unpaired) electrons. The van der Waals surface area contributed by atoms with Crippen LogP contribution in [-0.4, -0.2) is 13.7 Å². The van der Waals surface area contributed by atoms with Gasteiger partial charge in [-0.2, -0.15) is 8.75 Å². The summed E-state index contributed by atoms with van der Waals surface area (Å²) in [5, 5.41) is 0. The molecule has 112 valence electrons. The fourth-order valence-corrected chi connectivity index (χ4v) is 3.40. The van der Waals surface area contributed by atoms with Crippen molar-refractivity contribution in [3.63, 3.8) is 0 Å². The van der Waals surface area contributed by atoms with Crippen LogP contribution >= 0.6 is 11.7 Å². The van der Waals surface area contributed by atoms with E-state index in [1.54, 1.807) is 0 Å². The quantitative estimate of drug-likeness (QED) is 0.535. The Morgan fingerprint density at radius 2 is 1.39 bits per heavy atom. The Morgan fingerprint density at radius 3 is 2.04 bits per heavy atom. The Hall–Kier alpha value is -2.59. The van der Waals surface area contributed by atoms with Gasteiger partial charge in [0.05, 0.1) is 23.1 Å². The lowest BCUT2D eigenvalue weighted by molar-refractivity contribution is 1.05. The Labute approximate surface area is 139 Å². The number of hydrogen-bond acceptors (Lipinski definition) is 4. The van der Waals surface area contributed by atoms with E-state index in [4.69, 9.17) is 4.98 Å². The smallest absolute Gasteiger partial charge is 0.131 e. The van der Waals surface area contributed by atoms with E-state index in [-0.39, 0.29) is 0 Å². The fraction of sp³-hybridized carbons (Fsp3) is 0.105. The zero-order valence-corrected chi connectivity index (χ0v) is 13.5. The van der Waals surface area contributed by atoms with E-state index in [1.165, 1.54) is 11.7 Å². The van der Waals surface area contributed by atoms with Crippen LogP contribution in [0.3, 0.4) is 0 Å². The highest BCUT2D eigenvalue weighted by atomic mass is 32.1. The van der Waals surface area contributed by atoms with Gasteiger partial charge in [0.1, 0.15) is 11.0 Å². The van der Waals surface area contributed by atoms with E-state index in [9.17, 15) is 0 Å². The lowest BCUT2D eigenvalue weighted by Crippen LogP contribution is -1.98. The lowest BCUT2D eigenvalue weighted by atomic mass is 9.98. The van der Waals surface area contributed by atoms with Crippen molar-refractivity contribution in [1.29, 1.82) is 0 Å². The SMILES string of the molecule is CCc1nc(-c2ccccc2)c2nsnc2c1-c1ccccc1. The summed E-state index contributed by atoms with van der Waals surface area (Å²) in [4.78, 5) is 4.94. The molecule has 0 fully saturated rings. The number of fused-ring (bicyclic) bond motifs is 1. The summed E-state index contributed by atoms with van der Waals surface area (Å²) in [5.74, 6) is 0. The molecule has 0 aliphatic rings. The number of aryl methyl sites for hydroxylation is 1. The molecule has 0 saturated heterocycles. The molecule has 0 aliphatic heterocycles. The van der Waals surface area contributed by atoms with Crippen LogP contribution in [0.5, 0.6) is 0 Å². The van der Waals surface area contributed by atoms with Crippen LogP contribution in [0, 0.1) is 0 Å². The molecule has 0 spiro atoms. The monoisotopic (exact) mass is 317 g/mol. The van der Waals surface area contributed by atoms with Crippen LogP contribution in [0.15, 0.2) is 60.7 Å². The van der Waals surface area contributed by atoms with Gasteiger partial charge >= 0.3 is 0 Å². The summed E-state index contributed by atoms with van der Waals surface area (Å²) < 4.78 is 9.11. The second kappa shape index (κ2) is 5.89. The predicted molar refractivity (Wildman–Crippen MR) is 95.5 cm³/mol. The maximum absolute atomic E-state index is 4.94. The third-order valence-electron chi connectivity index (χ3n) is 3.93. The Morgan fingerprint density at radius 1 is 0.783 bits per heavy atom. The molecule has 2 heterocycles. The van der Waals surface area contributed by atoms with Gasteiger partial charge in [-0.05, 0) is 12.0 Å². The van der Waals surface area contributed by atoms with Gasteiger partial charge in [0.25, 0.3) is 0 Å². The van der Waals surface area contributed by atoms with Crippen molar-refractivity contribution in [3.05, 3.63) is 66.4 Å². The third-order valence-corrected chi connectivity index (χ3v) is 4.46. The molecular formula is C19H15N3S. The molecule has 0 aliphatic carbocycles. The van der Waals surface area contributed by atoms with Crippen molar-refractivity contribution < 1.29 is 0 Å². The summed E-state index contributed by atoms with van der Waals surface area (Å²) in [6, 6.07) is 20.5. The third kappa shape index (κ3) is 2.41. The van der Waals surface area contributed by atoms with Crippen LogP contribution < -0.4 is 0 Å². The second-order valence-corrected chi connectivity index (χ2v) is 5.86. The normalized spacial score (nSPS) is 11.0. The van der Waals surface area contributed by atoms with Gasteiger partial charge in [0.15, 0.2) is 0 Å². The largest absolute Gasteiger partial charge is 0.250 e. The summed E-state index contributed by atoms with van der Waals surface area (Å²) >= 11 is 1.25. The molecule has 2 aromatic heterocycles. The minimum Gasteiger partial charge on any atom is -0.250 e. The van der Waals surface area contributed by atoms with Gasteiger partial charge in [-0.3, -0.25) is 0 Å². The molecule has 23 heavy (non-hydrogen) atoms. The standard InChI is InChI=1S/C19H15N3S/c1-2-15-16(13-9-5-3-6-10-13)18-19(22-23-21-18)17(20-15)14-11-7-4-8-12-14/h3-12H,2H2,1H3. The predicted octanol–water partition coefficient (Wildman–Crippen LogP) is 4.98. The minimum absolute atomic E-state index is 0.859. The van der Waals surface area contributed by atoms with Crippen LogP contribution in [-0.2, 0) is 6.42 Å². The summed E-state index contributed by atoms with van der Waals surface area (Å²) in [6.07, 6.45) is 0.859. The van der Waals surface area contributed by atoms with Crippen LogP contribution in [0.25, 0.3) is 33.4 Å². The van der Waals surface area contributed by atoms with Gasteiger partial charge in [0, 0.05) is 11.1 Å². The first-order valence-corrected chi connectivity index (χ1v) is 8.37. The number of aromatic nitrogens is 3. The summed E-state index contributed by atoms with van der Waals surface area (Å²) in [6.45, 7) is 2.13. The first-order chi connectivity index (χ1) is 11.4. The molecular weight excluding hydrogens is 302 g/mol. The molecule has 0 atom stereocenters. The Balaban J connectivity index is 2.05. The van der Waals surface area contributed by atoms with Crippen LogP contribution in [0.2, 0.25) is 0 Å². The first-order valence-electron chi connectivity index (χ1n) is 7.64. The van der Waals surface area contributed by atoms with Gasteiger partial charge in [-0.15, -0.1) is 0 Å². The number of pyridine rings is 1. The average molecular weight is 317 g/mol. The van der Waals surface area contributed by atoms with E-state index in [2.05, 4.69) is 39.9 Å². The summed E-state index contributed by atoms with van der Waals surface area (Å²) in [5.41, 5.74) is 7.16.